The third kappa shape index (κ3) is 5.38. The third-order valence-electron chi connectivity index (χ3n) is 4.18. The second-order valence-electron chi connectivity index (χ2n) is 6.85. The SMILES string of the molecule is CC(=O)Nc1ccc(Nc2nccc(C(=O)Nc3ccccc3C(C)C)n2)cc1. The van der Waals surface area contributed by atoms with Crippen LogP contribution >= 0.6 is 0 Å². The highest BCUT2D eigenvalue weighted by molar-refractivity contribution is 6.03. The Balaban J connectivity index is 1.72. The molecule has 148 valence electrons. The zero-order valence-electron chi connectivity index (χ0n) is 16.6. The average Bonchev–Trinajstić information content (AvgIpc) is 2.69. The molecule has 3 rings (SSSR count). The van der Waals surface area contributed by atoms with E-state index in [2.05, 4.69) is 39.8 Å². The molecule has 0 unspecified atom stereocenters. The van der Waals surface area contributed by atoms with Crippen molar-refractivity contribution in [3.05, 3.63) is 72.1 Å². The summed E-state index contributed by atoms with van der Waals surface area (Å²) in [4.78, 5) is 32.2. The molecule has 0 fully saturated rings. The van der Waals surface area contributed by atoms with Gasteiger partial charge in [-0.15, -0.1) is 0 Å². The fourth-order valence-corrected chi connectivity index (χ4v) is 2.82. The van der Waals surface area contributed by atoms with Crippen molar-refractivity contribution in [1.82, 2.24) is 9.97 Å². The first-order valence-electron chi connectivity index (χ1n) is 9.30. The summed E-state index contributed by atoms with van der Waals surface area (Å²) in [6.45, 7) is 5.61. The molecule has 0 bridgehead atoms. The van der Waals surface area contributed by atoms with Gasteiger partial charge in [0.05, 0.1) is 0 Å². The smallest absolute Gasteiger partial charge is 0.274 e. The lowest BCUT2D eigenvalue weighted by molar-refractivity contribution is -0.114. The summed E-state index contributed by atoms with van der Waals surface area (Å²) in [7, 11) is 0. The molecule has 3 aromatic rings. The van der Waals surface area contributed by atoms with Crippen LogP contribution < -0.4 is 16.0 Å². The number of carbonyl (C=O) groups is 2. The molecule has 0 saturated carbocycles. The number of aromatic nitrogens is 2. The quantitative estimate of drug-likeness (QED) is 0.575. The summed E-state index contributed by atoms with van der Waals surface area (Å²) in [5.41, 5.74) is 3.53. The molecule has 0 radical (unpaired) electrons. The molecule has 2 amide bonds. The average molecular weight is 389 g/mol. The lowest BCUT2D eigenvalue weighted by atomic mass is 10.0. The predicted molar refractivity (Wildman–Crippen MR) is 115 cm³/mol. The molecule has 3 N–H and O–H groups in total. The van der Waals surface area contributed by atoms with Crippen LogP contribution in [-0.2, 0) is 4.79 Å². The first-order valence-corrected chi connectivity index (χ1v) is 9.30. The topological polar surface area (TPSA) is 96.0 Å². The Hall–Kier alpha value is -3.74. The first kappa shape index (κ1) is 20.0. The molecule has 2 aromatic carbocycles. The Morgan fingerprint density at radius 2 is 1.59 bits per heavy atom. The van der Waals surface area contributed by atoms with Crippen molar-refractivity contribution in [1.29, 1.82) is 0 Å². The molecule has 29 heavy (non-hydrogen) atoms. The molecule has 1 aromatic heterocycles. The van der Waals surface area contributed by atoms with Gasteiger partial charge in [0.1, 0.15) is 5.69 Å². The predicted octanol–water partition coefficient (Wildman–Crippen LogP) is 4.55. The highest BCUT2D eigenvalue weighted by Crippen LogP contribution is 2.24. The Morgan fingerprint density at radius 1 is 0.897 bits per heavy atom. The molecule has 7 nitrogen and oxygen atoms in total. The van der Waals surface area contributed by atoms with Crippen molar-refractivity contribution in [3.8, 4) is 0 Å². The zero-order chi connectivity index (χ0) is 20.8. The van der Waals surface area contributed by atoms with E-state index in [-0.39, 0.29) is 23.4 Å². The van der Waals surface area contributed by atoms with Gasteiger partial charge in [-0.05, 0) is 47.9 Å². The summed E-state index contributed by atoms with van der Waals surface area (Å²) in [6, 6.07) is 16.4. The standard InChI is InChI=1S/C22H23N5O2/c1-14(2)18-6-4-5-7-19(18)26-21(29)20-12-13-23-22(27-20)25-17-10-8-16(9-11-17)24-15(3)28/h4-14H,1-3H3,(H,24,28)(H,26,29)(H,23,25,27). The Bertz CT molecular complexity index is 1020. The van der Waals surface area contributed by atoms with Crippen molar-refractivity contribution in [3.63, 3.8) is 0 Å². The molecule has 0 aliphatic heterocycles. The van der Waals surface area contributed by atoms with Crippen molar-refractivity contribution in [2.45, 2.75) is 26.7 Å². The number of anilines is 4. The number of nitrogens with one attached hydrogen (secondary N) is 3. The van der Waals surface area contributed by atoms with Crippen LogP contribution in [0.2, 0.25) is 0 Å². The molecule has 0 aliphatic rings. The highest BCUT2D eigenvalue weighted by Gasteiger charge is 2.13. The van der Waals surface area contributed by atoms with Gasteiger partial charge in [0, 0.05) is 30.2 Å². The third-order valence-corrected chi connectivity index (χ3v) is 4.18. The van der Waals surface area contributed by atoms with E-state index in [0.29, 0.717) is 11.6 Å². The van der Waals surface area contributed by atoms with E-state index in [1.54, 1.807) is 30.3 Å². The van der Waals surface area contributed by atoms with Crippen LogP contribution in [0.1, 0.15) is 42.7 Å². The van der Waals surface area contributed by atoms with Crippen molar-refractivity contribution in [2.75, 3.05) is 16.0 Å². The Labute approximate surface area is 169 Å². The molecule has 0 saturated heterocycles. The van der Waals surface area contributed by atoms with Crippen molar-refractivity contribution >= 4 is 34.8 Å². The monoisotopic (exact) mass is 389 g/mol. The largest absolute Gasteiger partial charge is 0.326 e. The number of amides is 2. The van der Waals surface area contributed by atoms with Gasteiger partial charge in [0.2, 0.25) is 11.9 Å². The van der Waals surface area contributed by atoms with Crippen LogP contribution in [0.15, 0.2) is 60.8 Å². The number of rotatable bonds is 6. The first-order chi connectivity index (χ1) is 13.9. The maximum Gasteiger partial charge on any atom is 0.274 e. The molecular formula is C22H23N5O2. The Kier molecular flexibility index (Phi) is 6.19. The minimum atomic E-state index is -0.301. The molecule has 1 heterocycles. The highest BCUT2D eigenvalue weighted by atomic mass is 16.2. The second kappa shape index (κ2) is 8.97. The lowest BCUT2D eigenvalue weighted by Crippen LogP contribution is -2.16. The summed E-state index contributed by atoms with van der Waals surface area (Å²) in [5, 5.41) is 8.69. The van der Waals surface area contributed by atoms with E-state index in [1.165, 1.54) is 13.1 Å². The van der Waals surface area contributed by atoms with Gasteiger partial charge in [0.25, 0.3) is 5.91 Å². The van der Waals surface area contributed by atoms with E-state index in [0.717, 1.165) is 16.9 Å². The van der Waals surface area contributed by atoms with Crippen molar-refractivity contribution < 1.29 is 9.59 Å². The van der Waals surface area contributed by atoms with E-state index in [1.807, 2.05) is 24.3 Å². The van der Waals surface area contributed by atoms with E-state index < -0.39 is 0 Å². The normalized spacial score (nSPS) is 10.5. The van der Waals surface area contributed by atoms with Crippen molar-refractivity contribution in [2.24, 2.45) is 0 Å². The Morgan fingerprint density at radius 3 is 2.28 bits per heavy atom. The molecular weight excluding hydrogens is 366 g/mol. The minimum absolute atomic E-state index is 0.133. The summed E-state index contributed by atoms with van der Waals surface area (Å²) in [5.74, 6) is 0.160. The molecule has 0 spiro atoms. The number of para-hydroxylation sites is 1. The summed E-state index contributed by atoms with van der Waals surface area (Å²) < 4.78 is 0. The second-order valence-corrected chi connectivity index (χ2v) is 6.85. The maximum atomic E-state index is 12.7. The van der Waals surface area contributed by atoms with E-state index >= 15 is 0 Å². The van der Waals surface area contributed by atoms with Crippen LogP contribution in [0.3, 0.4) is 0 Å². The van der Waals surface area contributed by atoms with Crippen LogP contribution in [0.5, 0.6) is 0 Å². The number of hydrogen-bond acceptors (Lipinski definition) is 5. The van der Waals surface area contributed by atoms with Gasteiger partial charge >= 0.3 is 0 Å². The number of nitrogens with zero attached hydrogens (tertiary/aromatic N) is 2. The summed E-state index contributed by atoms with van der Waals surface area (Å²) >= 11 is 0. The van der Waals surface area contributed by atoms with Gasteiger partial charge in [-0.25, -0.2) is 9.97 Å². The van der Waals surface area contributed by atoms with Gasteiger partial charge < -0.3 is 16.0 Å². The fourth-order valence-electron chi connectivity index (χ4n) is 2.82. The molecule has 0 atom stereocenters. The van der Waals surface area contributed by atoms with Gasteiger partial charge in [-0.1, -0.05) is 32.0 Å². The van der Waals surface area contributed by atoms with E-state index in [9.17, 15) is 9.59 Å². The van der Waals surface area contributed by atoms with Crippen LogP contribution in [-0.4, -0.2) is 21.8 Å². The van der Waals surface area contributed by atoms with Gasteiger partial charge in [0.15, 0.2) is 0 Å². The van der Waals surface area contributed by atoms with Crippen LogP contribution in [0.25, 0.3) is 0 Å². The fraction of sp³-hybridized carbons (Fsp3) is 0.182. The van der Waals surface area contributed by atoms with E-state index in [4.69, 9.17) is 0 Å². The zero-order valence-corrected chi connectivity index (χ0v) is 16.6. The van der Waals surface area contributed by atoms with Crippen LogP contribution in [0.4, 0.5) is 23.0 Å². The maximum absolute atomic E-state index is 12.7. The number of carbonyl (C=O) groups excluding carboxylic acids is 2. The van der Waals surface area contributed by atoms with Gasteiger partial charge in [-0.2, -0.15) is 0 Å². The number of hydrogen-bond donors (Lipinski definition) is 3. The van der Waals surface area contributed by atoms with Gasteiger partial charge in [-0.3, -0.25) is 9.59 Å². The molecule has 0 aliphatic carbocycles. The van der Waals surface area contributed by atoms with Crippen LogP contribution in [0, 0.1) is 0 Å². The number of benzene rings is 2. The lowest BCUT2D eigenvalue weighted by Gasteiger charge is -2.13. The molecule has 7 heteroatoms. The summed E-state index contributed by atoms with van der Waals surface area (Å²) in [6.07, 6.45) is 1.53. The minimum Gasteiger partial charge on any atom is -0.326 e.